The molecule has 1 aromatic carbocycles. The number of hydrogen-bond donors (Lipinski definition) is 3. The predicted octanol–water partition coefficient (Wildman–Crippen LogP) is 1.65. The monoisotopic (exact) mass is 288 g/mol. The molecule has 0 unspecified atom stereocenters. The zero-order chi connectivity index (χ0) is 15.0. The summed E-state index contributed by atoms with van der Waals surface area (Å²) in [7, 11) is 0. The zero-order valence-corrected chi connectivity index (χ0v) is 10.5. The molecule has 0 saturated carbocycles. The van der Waals surface area contributed by atoms with Crippen molar-refractivity contribution >= 4 is 28.5 Å². The molecule has 0 saturated heterocycles. The topological polar surface area (TPSA) is 114 Å². The summed E-state index contributed by atoms with van der Waals surface area (Å²) >= 11 is 0. The number of furan rings is 1. The van der Waals surface area contributed by atoms with E-state index in [4.69, 9.17) is 10.2 Å². The highest BCUT2D eigenvalue weighted by atomic mass is 19.1. The Balaban J connectivity index is 1.87. The Morgan fingerprint density at radius 2 is 2.14 bits per heavy atom. The van der Waals surface area contributed by atoms with Crippen LogP contribution in [0.3, 0.4) is 0 Å². The van der Waals surface area contributed by atoms with Crippen LogP contribution in [-0.4, -0.2) is 22.0 Å². The van der Waals surface area contributed by atoms with E-state index in [0.29, 0.717) is 10.9 Å². The summed E-state index contributed by atoms with van der Waals surface area (Å²) in [6.45, 7) is 0. The molecule has 0 atom stereocenters. The van der Waals surface area contributed by atoms with E-state index in [0.717, 1.165) is 6.26 Å². The quantitative estimate of drug-likeness (QED) is 0.679. The molecule has 0 aliphatic carbocycles. The lowest BCUT2D eigenvalue weighted by Gasteiger charge is -1.99. The van der Waals surface area contributed by atoms with Crippen molar-refractivity contribution in [1.82, 2.24) is 10.2 Å². The van der Waals surface area contributed by atoms with Crippen LogP contribution in [0.2, 0.25) is 0 Å². The van der Waals surface area contributed by atoms with Gasteiger partial charge < -0.3 is 15.5 Å². The Morgan fingerprint density at radius 3 is 2.86 bits per heavy atom. The molecule has 0 fully saturated rings. The number of nitrogens with two attached hydrogens (primary N) is 1. The van der Waals surface area contributed by atoms with E-state index < -0.39 is 17.6 Å². The van der Waals surface area contributed by atoms with Gasteiger partial charge in [0.25, 0.3) is 11.8 Å². The molecule has 0 spiro atoms. The number of halogens is 1. The molecule has 3 rings (SSSR count). The van der Waals surface area contributed by atoms with Crippen LogP contribution in [0.25, 0.3) is 10.9 Å². The maximum Gasteiger partial charge on any atom is 0.284 e. The molecule has 3 aromatic rings. The number of hydrogen-bond acceptors (Lipinski definition) is 4. The highest BCUT2D eigenvalue weighted by Crippen LogP contribution is 2.21. The van der Waals surface area contributed by atoms with Gasteiger partial charge >= 0.3 is 0 Å². The van der Waals surface area contributed by atoms with Crippen molar-refractivity contribution in [3.63, 3.8) is 0 Å². The van der Waals surface area contributed by atoms with Gasteiger partial charge in [-0.1, -0.05) is 0 Å². The Kier molecular flexibility index (Phi) is 2.90. The summed E-state index contributed by atoms with van der Waals surface area (Å²) in [5.74, 6) is -1.57. The number of anilines is 1. The van der Waals surface area contributed by atoms with Crippen molar-refractivity contribution < 1.29 is 18.4 Å². The highest BCUT2D eigenvalue weighted by Gasteiger charge is 2.15. The molecule has 0 bridgehead atoms. The minimum atomic E-state index is -0.769. The maximum atomic E-state index is 13.1. The first-order valence-electron chi connectivity index (χ1n) is 5.88. The number of fused-ring (bicyclic) bond motifs is 1. The number of carbonyl (C=O) groups excluding carboxylic acids is 2. The molecule has 0 aliphatic heterocycles. The van der Waals surface area contributed by atoms with Gasteiger partial charge in [0.05, 0.1) is 11.1 Å². The molecular weight excluding hydrogens is 279 g/mol. The third kappa shape index (κ3) is 2.34. The normalized spacial score (nSPS) is 10.7. The van der Waals surface area contributed by atoms with Gasteiger partial charge in [-0.05, 0) is 18.2 Å². The number of aromatic amines is 1. The molecule has 8 heteroatoms. The first kappa shape index (κ1) is 12.9. The summed E-state index contributed by atoms with van der Waals surface area (Å²) in [4.78, 5) is 22.9. The van der Waals surface area contributed by atoms with Crippen LogP contribution in [0.5, 0.6) is 0 Å². The summed E-state index contributed by atoms with van der Waals surface area (Å²) in [5.41, 5.74) is 5.62. The third-order valence-electron chi connectivity index (χ3n) is 2.86. The van der Waals surface area contributed by atoms with E-state index >= 15 is 0 Å². The van der Waals surface area contributed by atoms with Gasteiger partial charge in [0.2, 0.25) is 0 Å². The average Bonchev–Trinajstić information content (AvgIpc) is 3.06. The van der Waals surface area contributed by atoms with Crippen molar-refractivity contribution in [2.75, 3.05) is 5.32 Å². The molecule has 2 amide bonds. The molecular formula is C13H9FN4O3. The number of rotatable bonds is 3. The lowest BCUT2D eigenvalue weighted by Crippen LogP contribution is -2.12. The van der Waals surface area contributed by atoms with Gasteiger partial charge in [0.15, 0.2) is 11.6 Å². The molecule has 0 aliphatic rings. The maximum absolute atomic E-state index is 13.1. The average molecular weight is 288 g/mol. The Bertz CT molecular complexity index is 852. The van der Waals surface area contributed by atoms with Gasteiger partial charge in [-0.2, -0.15) is 5.10 Å². The lowest BCUT2D eigenvalue weighted by molar-refractivity contribution is 0.0972. The lowest BCUT2D eigenvalue weighted by atomic mass is 10.2. The van der Waals surface area contributed by atoms with Crippen LogP contribution in [0.15, 0.2) is 34.9 Å². The number of nitrogens with one attached hydrogen (secondary N) is 2. The Labute approximate surface area is 116 Å². The summed E-state index contributed by atoms with van der Waals surface area (Å²) in [5, 5.41) is 9.60. The van der Waals surface area contributed by atoms with Crippen molar-refractivity contribution in [2.45, 2.75) is 0 Å². The van der Waals surface area contributed by atoms with E-state index in [9.17, 15) is 14.0 Å². The van der Waals surface area contributed by atoms with Gasteiger partial charge in [-0.25, -0.2) is 4.39 Å². The predicted molar refractivity (Wildman–Crippen MR) is 71.2 cm³/mol. The Morgan fingerprint density at radius 1 is 1.33 bits per heavy atom. The minimum Gasteiger partial charge on any atom is -0.458 e. The van der Waals surface area contributed by atoms with Gasteiger partial charge in [0.1, 0.15) is 12.1 Å². The molecule has 4 N–H and O–H groups in total. The number of aromatic nitrogens is 2. The van der Waals surface area contributed by atoms with Crippen molar-refractivity contribution in [3.05, 3.63) is 47.7 Å². The number of benzene rings is 1. The molecule has 7 nitrogen and oxygen atoms in total. The zero-order valence-electron chi connectivity index (χ0n) is 10.5. The minimum absolute atomic E-state index is 0.117. The van der Waals surface area contributed by atoms with Gasteiger partial charge in [-0.15, -0.1) is 0 Å². The van der Waals surface area contributed by atoms with E-state index in [2.05, 4.69) is 15.5 Å². The number of nitrogens with zero attached hydrogens (tertiary/aromatic N) is 1. The highest BCUT2D eigenvalue weighted by molar-refractivity contribution is 6.08. The number of amides is 2. The number of carbonyl (C=O) groups is 2. The van der Waals surface area contributed by atoms with Crippen LogP contribution in [-0.2, 0) is 0 Å². The fraction of sp³-hybridized carbons (Fsp3) is 0. The third-order valence-corrected chi connectivity index (χ3v) is 2.86. The fourth-order valence-electron chi connectivity index (χ4n) is 1.85. The second-order valence-electron chi connectivity index (χ2n) is 4.28. The first-order valence-corrected chi connectivity index (χ1v) is 5.88. The van der Waals surface area contributed by atoms with E-state index in [-0.39, 0.29) is 17.1 Å². The van der Waals surface area contributed by atoms with Crippen LogP contribution in [0, 0.1) is 5.82 Å². The molecule has 2 heterocycles. The van der Waals surface area contributed by atoms with Crippen molar-refractivity contribution in [3.8, 4) is 0 Å². The fourth-order valence-corrected chi connectivity index (χ4v) is 1.85. The van der Waals surface area contributed by atoms with Crippen molar-refractivity contribution in [1.29, 1.82) is 0 Å². The number of primary amides is 1. The van der Waals surface area contributed by atoms with Gasteiger partial charge in [0, 0.05) is 11.5 Å². The van der Waals surface area contributed by atoms with Gasteiger partial charge in [-0.3, -0.25) is 14.7 Å². The largest absolute Gasteiger partial charge is 0.458 e. The Hall–Kier alpha value is -3.16. The molecule has 0 radical (unpaired) electrons. The van der Waals surface area contributed by atoms with Crippen LogP contribution in [0.4, 0.5) is 10.2 Å². The summed E-state index contributed by atoms with van der Waals surface area (Å²) < 4.78 is 17.9. The van der Waals surface area contributed by atoms with E-state index in [1.165, 1.54) is 24.3 Å². The first-order chi connectivity index (χ1) is 10.0. The second-order valence-corrected chi connectivity index (χ2v) is 4.28. The van der Waals surface area contributed by atoms with E-state index in [1.54, 1.807) is 0 Å². The molecule has 2 aromatic heterocycles. The van der Waals surface area contributed by atoms with Crippen LogP contribution >= 0.6 is 0 Å². The van der Waals surface area contributed by atoms with Crippen LogP contribution < -0.4 is 11.1 Å². The second kappa shape index (κ2) is 4.75. The molecule has 21 heavy (non-hydrogen) atoms. The summed E-state index contributed by atoms with van der Waals surface area (Å²) in [6.07, 6.45) is 1.12. The standard InChI is InChI=1S/C13H9FN4O3/c14-7-1-2-8-9(4-7)17-18-12(8)16-13(20)6-3-10(11(15)19)21-5-6/h1-5H,(H2,15,19)(H2,16,17,18,20). The summed E-state index contributed by atoms with van der Waals surface area (Å²) in [6, 6.07) is 5.25. The number of H-pyrrole nitrogens is 1. The molecule has 106 valence electrons. The SMILES string of the molecule is NC(=O)c1cc(C(=O)Nc2n[nH]c3cc(F)ccc23)co1. The smallest absolute Gasteiger partial charge is 0.284 e. The van der Waals surface area contributed by atoms with Crippen molar-refractivity contribution in [2.24, 2.45) is 5.73 Å². The van der Waals surface area contributed by atoms with E-state index in [1.807, 2.05) is 0 Å². The van der Waals surface area contributed by atoms with Crippen LogP contribution in [0.1, 0.15) is 20.9 Å².